The molecule has 0 aliphatic heterocycles. The summed E-state index contributed by atoms with van der Waals surface area (Å²) in [5.74, 6) is -0.366. The lowest BCUT2D eigenvalue weighted by atomic mass is 9.89. The quantitative estimate of drug-likeness (QED) is 0.775. The van der Waals surface area contributed by atoms with E-state index in [4.69, 9.17) is 0 Å². The first-order valence-electron chi connectivity index (χ1n) is 8.42. The number of nitrogens with one attached hydrogen (secondary N) is 1. The smallest absolute Gasteiger partial charge is 0.239 e. The molecule has 1 rings (SSSR count). The number of carbonyl (C=O) groups excluding carboxylic acids is 2. The molecule has 0 saturated carbocycles. The fourth-order valence-electron chi connectivity index (χ4n) is 2.58. The number of anilines is 1. The van der Waals surface area contributed by atoms with Crippen LogP contribution in [-0.4, -0.2) is 29.8 Å². The Morgan fingerprint density at radius 1 is 1.09 bits per heavy atom. The van der Waals surface area contributed by atoms with E-state index < -0.39 is 5.41 Å². The molecule has 128 valence electrons. The zero-order valence-corrected chi connectivity index (χ0v) is 15.3. The molecule has 0 aliphatic rings. The molecular weight excluding hydrogens is 288 g/mol. The van der Waals surface area contributed by atoms with E-state index in [-0.39, 0.29) is 11.8 Å². The van der Waals surface area contributed by atoms with Crippen molar-refractivity contribution in [3.63, 3.8) is 0 Å². The Hall–Kier alpha value is -1.84. The summed E-state index contributed by atoms with van der Waals surface area (Å²) < 4.78 is 0. The summed E-state index contributed by atoms with van der Waals surface area (Å²) in [4.78, 5) is 27.2. The lowest BCUT2D eigenvalue weighted by Crippen LogP contribution is -2.48. The van der Waals surface area contributed by atoms with Crippen LogP contribution in [0, 0.1) is 19.3 Å². The minimum Gasteiger partial charge on any atom is -0.342 e. The molecule has 0 saturated heterocycles. The third-order valence-corrected chi connectivity index (χ3v) is 4.01. The lowest BCUT2D eigenvalue weighted by molar-refractivity contribution is -0.146. The molecule has 0 bridgehead atoms. The van der Waals surface area contributed by atoms with Gasteiger partial charge in [-0.3, -0.25) is 9.59 Å². The average molecular weight is 318 g/mol. The summed E-state index contributed by atoms with van der Waals surface area (Å²) in [5.41, 5.74) is 1.83. The highest BCUT2D eigenvalue weighted by molar-refractivity contribution is 6.10. The number of amides is 2. The molecule has 0 radical (unpaired) electrons. The van der Waals surface area contributed by atoms with E-state index in [2.05, 4.69) is 5.32 Å². The maximum atomic E-state index is 12.8. The van der Waals surface area contributed by atoms with Crippen molar-refractivity contribution in [1.82, 2.24) is 4.90 Å². The zero-order valence-electron chi connectivity index (χ0n) is 15.3. The van der Waals surface area contributed by atoms with E-state index in [9.17, 15) is 9.59 Å². The van der Waals surface area contributed by atoms with E-state index in [1.54, 1.807) is 18.7 Å². The second kappa shape index (κ2) is 8.14. The van der Waals surface area contributed by atoms with Crippen molar-refractivity contribution in [3.05, 3.63) is 29.3 Å². The Labute approximate surface area is 140 Å². The minimum absolute atomic E-state index is 0.108. The Bertz CT molecular complexity index is 558. The maximum Gasteiger partial charge on any atom is 0.239 e. The molecule has 0 unspecified atom stereocenters. The minimum atomic E-state index is -1.08. The summed E-state index contributed by atoms with van der Waals surface area (Å²) in [6, 6.07) is 5.86. The van der Waals surface area contributed by atoms with Crippen molar-refractivity contribution in [2.24, 2.45) is 5.41 Å². The van der Waals surface area contributed by atoms with Gasteiger partial charge in [0.2, 0.25) is 11.8 Å². The molecule has 0 aliphatic carbocycles. The Kier molecular flexibility index (Phi) is 6.79. The third-order valence-electron chi connectivity index (χ3n) is 4.01. The van der Waals surface area contributed by atoms with Gasteiger partial charge < -0.3 is 10.2 Å². The van der Waals surface area contributed by atoms with E-state index in [0.29, 0.717) is 13.1 Å². The number of hydrogen-bond acceptors (Lipinski definition) is 2. The van der Waals surface area contributed by atoms with Crippen molar-refractivity contribution in [3.8, 4) is 0 Å². The molecule has 0 aromatic heterocycles. The fourth-order valence-corrected chi connectivity index (χ4v) is 2.58. The molecule has 1 N–H and O–H groups in total. The van der Waals surface area contributed by atoms with Crippen molar-refractivity contribution in [1.29, 1.82) is 0 Å². The van der Waals surface area contributed by atoms with Crippen LogP contribution in [0.25, 0.3) is 0 Å². The second-order valence-electron chi connectivity index (χ2n) is 6.69. The Balaban J connectivity index is 2.92. The van der Waals surface area contributed by atoms with Crippen LogP contribution in [0.4, 0.5) is 5.69 Å². The molecule has 4 nitrogen and oxygen atoms in total. The first-order chi connectivity index (χ1) is 10.7. The van der Waals surface area contributed by atoms with Crippen LogP contribution >= 0.6 is 0 Å². The SMILES string of the molecule is CCCN(CCC)C(=O)C(C)(C)C(=O)Nc1ccc(C)cc1C. The highest BCUT2D eigenvalue weighted by atomic mass is 16.2. The first-order valence-corrected chi connectivity index (χ1v) is 8.42. The van der Waals surface area contributed by atoms with Crippen molar-refractivity contribution in [2.75, 3.05) is 18.4 Å². The summed E-state index contributed by atoms with van der Waals surface area (Å²) >= 11 is 0. The van der Waals surface area contributed by atoms with Gasteiger partial charge in [0.25, 0.3) is 0 Å². The number of benzene rings is 1. The molecular formula is C19H30N2O2. The monoisotopic (exact) mass is 318 g/mol. The van der Waals surface area contributed by atoms with Crippen molar-refractivity contribution < 1.29 is 9.59 Å². The highest BCUT2D eigenvalue weighted by Gasteiger charge is 2.38. The predicted octanol–water partition coefficient (Wildman–Crippen LogP) is 3.92. The molecule has 4 heteroatoms. The molecule has 0 heterocycles. The van der Waals surface area contributed by atoms with Gasteiger partial charge in [0.1, 0.15) is 5.41 Å². The third kappa shape index (κ3) is 4.81. The molecule has 0 atom stereocenters. The van der Waals surface area contributed by atoms with Gasteiger partial charge in [-0.15, -0.1) is 0 Å². The zero-order chi connectivity index (χ0) is 17.6. The van der Waals surface area contributed by atoms with Crippen LogP contribution in [-0.2, 0) is 9.59 Å². The lowest BCUT2D eigenvalue weighted by Gasteiger charge is -2.31. The van der Waals surface area contributed by atoms with E-state index >= 15 is 0 Å². The Morgan fingerprint density at radius 2 is 1.65 bits per heavy atom. The number of carbonyl (C=O) groups is 2. The number of nitrogens with zero attached hydrogens (tertiary/aromatic N) is 1. The standard InChI is InChI=1S/C19H30N2O2/c1-7-11-21(12-8-2)18(23)19(5,6)17(22)20-16-10-9-14(3)13-15(16)4/h9-10,13H,7-8,11-12H2,1-6H3,(H,20,22). The Morgan fingerprint density at radius 3 is 2.13 bits per heavy atom. The van der Waals surface area contributed by atoms with Gasteiger partial charge in [-0.2, -0.15) is 0 Å². The largest absolute Gasteiger partial charge is 0.342 e. The molecule has 23 heavy (non-hydrogen) atoms. The molecule has 0 fully saturated rings. The van der Waals surface area contributed by atoms with Crippen molar-refractivity contribution in [2.45, 2.75) is 54.4 Å². The fraction of sp³-hybridized carbons (Fsp3) is 0.579. The van der Waals surface area contributed by atoms with E-state index in [0.717, 1.165) is 29.7 Å². The number of aryl methyl sites for hydroxylation is 2. The van der Waals surface area contributed by atoms with Gasteiger partial charge in [0, 0.05) is 18.8 Å². The molecule has 1 aromatic carbocycles. The maximum absolute atomic E-state index is 12.8. The van der Waals surface area contributed by atoms with Crippen LogP contribution in [0.5, 0.6) is 0 Å². The molecule has 0 spiro atoms. The summed E-state index contributed by atoms with van der Waals surface area (Å²) in [7, 11) is 0. The predicted molar refractivity (Wildman–Crippen MR) is 95.5 cm³/mol. The summed E-state index contributed by atoms with van der Waals surface area (Å²) in [6.45, 7) is 12.8. The van der Waals surface area contributed by atoms with E-state index in [1.165, 1.54) is 0 Å². The van der Waals surface area contributed by atoms with Gasteiger partial charge in [-0.05, 0) is 52.2 Å². The second-order valence-corrected chi connectivity index (χ2v) is 6.69. The van der Waals surface area contributed by atoms with Gasteiger partial charge in [-0.25, -0.2) is 0 Å². The van der Waals surface area contributed by atoms with Crippen LogP contribution in [0.2, 0.25) is 0 Å². The molecule has 1 aromatic rings. The summed E-state index contributed by atoms with van der Waals surface area (Å²) in [5, 5.41) is 2.91. The molecule has 2 amide bonds. The number of rotatable bonds is 7. The van der Waals surface area contributed by atoms with Crippen molar-refractivity contribution >= 4 is 17.5 Å². The normalized spacial score (nSPS) is 11.2. The van der Waals surface area contributed by atoms with Gasteiger partial charge >= 0.3 is 0 Å². The van der Waals surface area contributed by atoms with Crippen LogP contribution < -0.4 is 5.32 Å². The highest BCUT2D eigenvalue weighted by Crippen LogP contribution is 2.24. The van der Waals surface area contributed by atoms with Gasteiger partial charge in [0.15, 0.2) is 0 Å². The average Bonchev–Trinajstić information content (AvgIpc) is 2.48. The number of hydrogen-bond donors (Lipinski definition) is 1. The van der Waals surface area contributed by atoms with Crippen LogP contribution in [0.1, 0.15) is 51.7 Å². The van der Waals surface area contributed by atoms with Gasteiger partial charge in [-0.1, -0.05) is 31.5 Å². The van der Waals surface area contributed by atoms with Gasteiger partial charge in [0.05, 0.1) is 0 Å². The van der Waals surface area contributed by atoms with Crippen LogP contribution in [0.3, 0.4) is 0 Å². The van der Waals surface area contributed by atoms with E-state index in [1.807, 2.05) is 45.9 Å². The topological polar surface area (TPSA) is 49.4 Å². The first kappa shape index (κ1) is 19.2. The van der Waals surface area contributed by atoms with Crippen LogP contribution in [0.15, 0.2) is 18.2 Å². The summed E-state index contributed by atoms with van der Waals surface area (Å²) in [6.07, 6.45) is 1.78.